The third kappa shape index (κ3) is 2.90. The maximum absolute atomic E-state index is 12.4. The molecular formula is C16H14F3N5O. The van der Waals surface area contributed by atoms with Crippen LogP contribution in [0.3, 0.4) is 0 Å². The molecule has 1 aliphatic heterocycles. The highest BCUT2D eigenvalue weighted by Gasteiger charge is 2.36. The quantitative estimate of drug-likeness (QED) is 0.772. The number of nitrogens with one attached hydrogen (secondary N) is 1. The van der Waals surface area contributed by atoms with E-state index in [0.717, 1.165) is 21.9 Å². The molecule has 1 aliphatic rings. The van der Waals surface area contributed by atoms with Gasteiger partial charge in [-0.15, -0.1) is 0 Å². The van der Waals surface area contributed by atoms with Crippen molar-refractivity contribution in [3.63, 3.8) is 0 Å². The lowest BCUT2D eigenvalue weighted by Crippen LogP contribution is -2.32. The second kappa shape index (κ2) is 5.68. The summed E-state index contributed by atoms with van der Waals surface area (Å²) in [7, 11) is 0. The number of pyridine rings is 1. The second-order valence-electron chi connectivity index (χ2n) is 6.17. The lowest BCUT2D eigenvalue weighted by atomic mass is 9.98. The van der Waals surface area contributed by atoms with E-state index in [4.69, 9.17) is 0 Å². The fourth-order valence-corrected chi connectivity index (χ4v) is 3.40. The van der Waals surface area contributed by atoms with Gasteiger partial charge in [0.25, 0.3) is 0 Å². The monoisotopic (exact) mass is 349 g/mol. The minimum absolute atomic E-state index is 0.103. The molecule has 1 atom stereocenters. The van der Waals surface area contributed by atoms with Crippen LogP contribution >= 0.6 is 0 Å². The van der Waals surface area contributed by atoms with Crippen molar-refractivity contribution in [2.75, 3.05) is 13.1 Å². The van der Waals surface area contributed by atoms with Crippen molar-refractivity contribution in [3.05, 3.63) is 30.4 Å². The zero-order chi connectivity index (χ0) is 17.6. The number of carbonyl (C=O) groups excluding carboxylic acids is 1. The molecule has 0 saturated carbocycles. The number of aromatic nitrogens is 4. The van der Waals surface area contributed by atoms with Gasteiger partial charge in [0.1, 0.15) is 6.42 Å². The van der Waals surface area contributed by atoms with E-state index in [1.807, 2.05) is 6.07 Å². The number of amides is 1. The summed E-state index contributed by atoms with van der Waals surface area (Å²) in [5.74, 6) is -0.987. The Balaban J connectivity index is 1.67. The van der Waals surface area contributed by atoms with Gasteiger partial charge < -0.3 is 4.90 Å². The van der Waals surface area contributed by atoms with E-state index in [0.29, 0.717) is 18.6 Å². The number of H-pyrrole nitrogens is 1. The van der Waals surface area contributed by atoms with E-state index in [1.54, 1.807) is 18.6 Å². The lowest BCUT2D eigenvalue weighted by Gasteiger charge is -2.18. The van der Waals surface area contributed by atoms with Crippen molar-refractivity contribution in [3.8, 4) is 0 Å². The van der Waals surface area contributed by atoms with Gasteiger partial charge in [-0.05, 0) is 12.5 Å². The molecule has 4 heterocycles. The van der Waals surface area contributed by atoms with Crippen molar-refractivity contribution in [2.24, 2.45) is 0 Å². The first-order valence-electron chi connectivity index (χ1n) is 7.83. The Morgan fingerprint density at radius 2 is 2.16 bits per heavy atom. The molecule has 25 heavy (non-hydrogen) atoms. The van der Waals surface area contributed by atoms with Crippen molar-refractivity contribution in [1.29, 1.82) is 0 Å². The molecular weight excluding hydrogens is 335 g/mol. The predicted molar refractivity (Wildman–Crippen MR) is 83.8 cm³/mol. The molecule has 1 amide bonds. The van der Waals surface area contributed by atoms with E-state index in [2.05, 4.69) is 20.2 Å². The summed E-state index contributed by atoms with van der Waals surface area (Å²) in [4.78, 5) is 21.6. The third-order valence-corrected chi connectivity index (χ3v) is 4.52. The Bertz CT molecular complexity index is 952. The molecule has 130 valence electrons. The normalized spacial score (nSPS) is 18.4. The smallest absolute Gasteiger partial charge is 0.342 e. The van der Waals surface area contributed by atoms with Crippen LogP contribution in [0, 0.1) is 0 Å². The van der Waals surface area contributed by atoms with E-state index in [9.17, 15) is 18.0 Å². The average molecular weight is 349 g/mol. The lowest BCUT2D eigenvalue weighted by molar-refractivity contribution is -0.160. The van der Waals surface area contributed by atoms with Gasteiger partial charge in [-0.3, -0.25) is 9.89 Å². The molecule has 0 bridgehead atoms. The Hall–Kier alpha value is -2.71. The van der Waals surface area contributed by atoms with Crippen molar-refractivity contribution < 1.29 is 18.0 Å². The Kier molecular flexibility index (Phi) is 3.59. The molecule has 0 aromatic carbocycles. The molecule has 4 rings (SSSR count). The van der Waals surface area contributed by atoms with Crippen LogP contribution in [0.1, 0.15) is 24.5 Å². The van der Waals surface area contributed by atoms with Crippen LogP contribution in [0.15, 0.2) is 24.7 Å². The van der Waals surface area contributed by atoms with Gasteiger partial charge in [0, 0.05) is 53.3 Å². The molecule has 1 N–H and O–H groups in total. The van der Waals surface area contributed by atoms with Crippen LogP contribution in [0.5, 0.6) is 0 Å². The average Bonchev–Trinajstić information content (AvgIpc) is 3.22. The van der Waals surface area contributed by atoms with Gasteiger partial charge >= 0.3 is 6.18 Å². The standard InChI is InChI=1S/C16H14F3N5O/c17-16(18,19)5-12(25)24-4-2-9(8-24)14-13-10(7-22-23-14)6-21-15-11(13)1-3-20-15/h1,3,6-7,9,23H,2,4-5,8H2. The Labute approximate surface area is 140 Å². The summed E-state index contributed by atoms with van der Waals surface area (Å²) in [6.45, 7) is 0.543. The number of alkyl halides is 3. The van der Waals surface area contributed by atoms with E-state index >= 15 is 0 Å². The predicted octanol–water partition coefficient (Wildman–Crippen LogP) is 2.77. The number of carbonyl (C=O) groups is 1. The fourth-order valence-electron chi connectivity index (χ4n) is 3.40. The first-order valence-corrected chi connectivity index (χ1v) is 7.83. The molecule has 0 radical (unpaired) electrons. The van der Waals surface area contributed by atoms with Crippen LogP contribution in [0.25, 0.3) is 21.8 Å². The van der Waals surface area contributed by atoms with Gasteiger partial charge in [-0.25, -0.2) is 9.97 Å². The highest BCUT2D eigenvalue weighted by atomic mass is 19.4. The molecule has 3 aromatic rings. The maximum Gasteiger partial charge on any atom is 0.397 e. The second-order valence-corrected chi connectivity index (χ2v) is 6.17. The Morgan fingerprint density at radius 1 is 1.32 bits per heavy atom. The summed E-state index contributed by atoms with van der Waals surface area (Å²) in [5, 5.41) is 9.69. The molecule has 6 nitrogen and oxygen atoms in total. The molecule has 1 saturated heterocycles. The van der Waals surface area contributed by atoms with Crippen LogP contribution in [0.4, 0.5) is 13.2 Å². The number of rotatable bonds is 2. The van der Waals surface area contributed by atoms with Gasteiger partial charge in [0.2, 0.25) is 5.91 Å². The van der Waals surface area contributed by atoms with Gasteiger partial charge in [0.15, 0.2) is 5.65 Å². The van der Waals surface area contributed by atoms with Crippen molar-refractivity contribution in [2.45, 2.75) is 24.9 Å². The molecule has 0 aliphatic carbocycles. The molecule has 9 heteroatoms. The number of fused-ring (bicyclic) bond motifs is 3. The van der Waals surface area contributed by atoms with Gasteiger partial charge in [0.05, 0.1) is 6.20 Å². The molecule has 1 fully saturated rings. The molecule has 0 spiro atoms. The van der Waals surface area contributed by atoms with Crippen molar-refractivity contribution in [1.82, 2.24) is 25.1 Å². The molecule has 1 unspecified atom stereocenters. The minimum Gasteiger partial charge on any atom is -0.342 e. The summed E-state index contributed by atoms with van der Waals surface area (Å²) >= 11 is 0. The van der Waals surface area contributed by atoms with Crippen LogP contribution in [-0.2, 0) is 4.79 Å². The number of hydrogen-bond donors (Lipinski definition) is 1. The summed E-state index contributed by atoms with van der Waals surface area (Å²) in [5.41, 5.74) is 1.41. The topological polar surface area (TPSA) is 74.8 Å². The zero-order valence-electron chi connectivity index (χ0n) is 13.0. The first kappa shape index (κ1) is 15.8. The SMILES string of the molecule is O=C(CC(F)(F)F)N1CCC(c2[nH]ncc3cnc4nccc4c23)C1. The Morgan fingerprint density at radius 3 is 2.96 bits per heavy atom. The minimum atomic E-state index is -4.49. The fraction of sp³-hybridized carbons (Fsp3) is 0.375. The summed E-state index contributed by atoms with van der Waals surface area (Å²) in [6.07, 6.45) is -0.330. The number of likely N-dealkylation sites (tertiary alicyclic amines) is 1. The molecule has 3 aromatic heterocycles. The van der Waals surface area contributed by atoms with E-state index in [-0.39, 0.29) is 12.5 Å². The highest BCUT2D eigenvalue weighted by Crippen LogP contribution is 2.34. The van der Waals surface area contributed by atoms with Crippen LogP contribution in [-0.4, -0.2) is 50.2 Å². The van der Waals surface area contributed by atoms with Gasteiger partial charge in [-0.1, -0.05) is 0 Å². The summed E-state index contributed by atoms with van der Waals surface area (Å²) in [6, 6.07) is 1.85. The number of nitrogens with zero attached hydrogens (tertiary/aromatic N) is 4. The van der Waals surface area contributed by atoms with Gasteiger partial charge in [-0.2, -0.15) is 18.3 Å². The van der Waals surface area contributed by atoms with E-state index < -0.39 is 18.5 Å². The van der Waals surface area contributed by atoms with Crippen LogP contribution < -0.4 is 0 Å². The van der Waals surface area contributed by atoms with Crippen LogP contribution in [0.2, 0.25) is 0 Å². The number of aromatic amines is 1. The highest BCUT2D eigenvalue weighted by molar-refractivity contribution is 6.05. The third-order valence-electron chi connectivity index (χ3n) is 4.52. The van der Waals surface area contributed by atoms with E-state index in [1.165, 1.54) is 4.90 Å². The maximum atomic E-state index is 12.4. The first-order chi connectivity index (χ1) is 11.9. The summed E-state index contributed by atoms with van der Waals surface area (Å²) < 4.78 is 37.3. The zero-order valence-corrected chi connectivity index (χ0v) is 13.0. The number of hydrogen-bond acceptors (Lipinski definition) is 4. The van der Waals surface area contributed by atoms with Crippen molar-refractivity contribution >= 4 is 27.7 Å². The largest absolute Gasteiger partial charge is 0.397 e. The number of halogens is 3.